The first-order chi connectivity index (χ1) is 10.6. The van der Waals surface area contributed by atoms with Crippen molar-refractivity contribution in [2.75, 3.05) is 6.54 Å². The number of cyclic esters (lactones) is 1. The summed E-state index contributed by atoms with van der Waals surface area (Å²) in [5.74, 6) is 0.267. The van der Waals surface area contributed by atoms with Crippen LogP contribution in [0.4, 0.5) is 0 Å². The Balaban J connectivity index is 1.55. The van der Waals surface area contributed by atoms with Gasteiger partial charge in [0.15, 0.2) is 0 Å². The fourth-order valence-corrected chi connectivity index (χ4v) is 5.18. The molecular formula is C17H25NO4. The highest BCUT2D eigenvalue weighted by molar-refractivity contribution is 5.75. The van der Waals surface area contributed by atoms with E-state index in [9.17, 15) is 9.59 Å². The van der Waals surface area contributed by atoms with Crippen molar-refractivity contribution in [3.05, 3.63) is 0 Å². The maximum atomic E-state index is 12.0. The van der Waals surface area contributed by atoms with E-state index in [0.29, 0.717) is 18.0 Å². The first kappa shape index (κ1) is 14.5. The zero-order valence-corrected chi connectivity index (χ0v) is 13.4. The van der Waals surface area contributed by atoms with Crippen LogP contribution in [0.25, 0.3) is 0 Å². The SMILES string of the molecule is C[C@@H]1C(=O)O[C@@H]2CCCN3[C@H](C4C[C@H](C)C(=O)O4)CC[C@H]3[C@@H]12. The highest BCUT2D eigenvalue weighted by Gasteiger charge is 2.54. The molecule has 0 aromatic carbocycles. The van der Waals surface area contributed by atoms with Gasteiger partial charge in [-0.1, -0.05) is 13.8 Å². The lowest BCUT2D eigenvalue weighted by Gasteiger charge is -2.34. The number of esters is 2. The summed E-state index contributed by atoms with van der Waals surface area (Å²) in [5.41, 5.74) is 0. The van der Waals surface area contributed by atoms with Gasteiger partial charge in [-0.3, -0.25) is 14.5 Å². The quantitative estimate of drug-likeness (QED) is 0.691. The Morgan fingerprint density at radius 3 is 2.41 bits per heavy atom. The van der Waals surface area contributed by atoms with Gasteiger partial charge < -0.3 is 9.47 Å². The van der Waals surface area contributed by atoms with E-state index < -0.39 is 0 Å². The standard InChI is InChI=1S/C17H25NO4/c1-9-8-14(22-16(9)19)11-5-6-12-15-10(2)17(20)21-13(15)4-3-7-18(11)12/h9-15H,3-8H2,1-2H3/t9-,10-,11-,12-,13+,14?,15+/m0/s1. The topological polar surface area (TPSA) is 55.8 Å². The van der Waals surface area contributed by atoms with Crippen LogP contribution in [-0.2, 0) is 19.1 Å². The Morgan fingerprint density at radius 2 is 1.68 bits per heavy atom. The zero-order valence-electron chi connectivity index (χ0n) is 13.4. The van der Waals surface area contributed by atoms with Crippen molar-refractivity contribution in [2.45, 2.75) is 70.2 Å². The van der Waals surface area contributed by atoms with E-state index in [4.69, 9.17) is 9.47 Å². The van der Waals surface area contributed by atoms with Crippen LogP contribution in [-0.4, -0.2) is 47.7 Å². The summed E-state index contributed by atoms with van der Waals surface area (Å²) in [6, 6.07) is 0.745. The summed E-state index contributed by atoms with van der Waals surface area (Å²) in [4.78, 5) is 26.2. The molecule has 4 fully saturated rings. The molecular weight excluding hydrogens is 282 g/mol. The van der Waals surface area contributed by atoms with E-state index in [2.05, 4.69) is 4.90 Å². The molecule has 5 nitrogen and oxygen atoms in total. The van der Waals surface area contributed by atoms with Crippen LogP contribution >= 0.6 is 0 Å². The summed E-state index contributed by atoms with van der Waals surface area (Å²) >= 11 is 0. The lowest BCUT2D eigenvalue weighted by molar-refractivity contribution is -0.146. The van der Waals surface area contributed by atoms with E-state index in [1.165, 1.54) is 0 Å². The second-order valence-corrected chi connectivity index (χ2v) is 7.55. The molecule has 4 rings (SSSR count). The summed E-state index contributed by atoms with van der Waals surface area (Å²) in [7, 11) is 0. The smallest absolute Gasteiger partial charge is 0.309 e. The number of ether oxygens (including phenoxy) is 2. The Bertz CT molecular complexity index is 493. The Morgan fingerprint density at radius 1 is 0.955 bits per heavy atom. The molecule has 4 heterocycles. The third kappa shape index (κ3) is 2.08. The Labute approximate surface area is 131 Å². The number of carbonyl (C=O) groups is 2. The monoisotopic (exact) mass is 307 g/mol. The van der Waals surface area contributed by atoms with Gasteiger partial charge in [-0.15, -0.1) is 0 Å². The largest absolute Gasteiger partial charge is 0.462 e. The van der Waals surface area contributed by atoms with E-state index in [-0.39, 0.29) is 36.0 Å². The molecule has 0 amide bonds. The van der Waals surface area contributed by atoms with Gasteiger partial charge in [0.25, 0.3) is 0 Å². The molecule has 4 aliphatic rings. The number of carbonyl (C=O) groups excluding carboxylic acids is 2. The van der Waals surface area contributed by atoms with Crippen molar-refractivity contribution < 1.29 is 19.1 Å². The van der Waals surface area contributed by atoms with E-state index in [1.54, 1.807) is 0 Å². The average molecular weight is 307 g/mol. The fourth-order valence-electron chi connectivity index (χ4n) is 5.18. The molecule has 0 saturated carbocycles. The molecule has 0 aromatic rings. The number of hydrogen-bond acceptors (Lipinski definition) is 5. The van der Waals surface area contributed by atoms with Crippen LogP contribution in [0.3, 0.4) is 0 Å². The Hall–Kier alpha value is -1.10. The van der Waals surface area contributed by atoms with Crippen LogP contribution in [0.15, 0.2) is 0 Å². The number of rotatable bonds is 1. The minimum atomic E-state index is -0.0473. The molecule has 0 aliphatic carbocycles. The van der Waals surface area contributed by atoms with Gasteiger partial charge in [0.05, 0.1) is 11.8 Å². The molecule has 0 aromatic heterocycles. The predicted octanol–water partition coefficient (Wildman–Crippen LogP) is 1.74. The summed E-state index contributed by atoms with van der Waals surface area (Å²) in [5, 5.41) is 0. The maximum absolute atomic E-state index is 12.0. The predicted molar refractivity (Wildman–Crippen MR) is 78.9 cm³/mol. The van der Waals surface area contributed by atoms with Gasteiger partial charge in [0.1, 0.15) is 12.2 Å². The molecule has 0 bridgehead atoms. The van der Waals surface area contributed by atoms with Crippen molar-refractivity contribution in [3.8, 4) is 0 Å². The molecule has 0 radical (unpaired) electrons. The van der Waals surface area contributed by atoms with Gasteiger partial charge in [0.2, 0.25) is 0 Å². The first-order valence-electron chi connectivity index (χ1n) is 8.73. The van der Waals surface area contributed by atoms with Gasteiger partial charge in [-0.2, -0.15) is 0 Å². The first-order valence-corrected chi connectivity index (χ1v) is 8.73. The third-order valence-corrected chi connectivity index (χ3v) is 6.29. The third-order valence-electron chi connectivity index (χ3n) is 6.29. The van der Waals surface area contributed by atoms with Gasteiger partial charge >= 0.3 is 11.9 Å². The van der Waals surface area contributed by atoms with E-state index >= 15 is 0 Å². The summed E-state index contributed by atoms with van der Waals surface area (Å²) in [6.07, 6.45) is 5.17. The maximum Gasteiger partial charge on any atom is 0.309 e. The highest BCUT2D eigenvalue weighted by Crippen LogP contribution is 2.45. The van der Waals surface area contributed by atoms with E-state index in [0.717, 1.165) is 38.6 Å². The van der Waals surface area contributed by atoms with Gasteiger partial charge in [-0.05, 0) is 38.6 Å². The fraction of sp³-hybridized carbons (Fsp3) is 0.882. The molecule has 122 valence electrons. The van der Waals surface area contributed by atoms with Crippen molar-refractivity contribution in [3.63, 3.8) is 0 Å². The normalized spacial score (nSPS) is 48.5. The number of hydrogen-bond donors (Lipinski definition) is 0. The summed E-state index contributed by atoms with van der Waals surface area (Å²) < 4.78 is 11.2. The van der Waals surface area contributed by atoms with Crippen molar-refractivity contribution in [1.82, 2.24) is 4.90 Å². The minimum Gasteiger partial charge on any atom is -0.462 e. The number of nitrogens with zero attached hydrogens (tertiary/aromatic N) is 1. The van der Waals surface area contributed by atoms with Crippen LogP contribution < -0.4 is 0 Å². The lowest BCUT2D eigenvalue weighted by atomic mass is 9.83. The van der Waals surface area contributed by atoms with Gasteiger partial charge in [-0.25, -0.2) is 0 Å². The average Bonchev–Trinajstić information content (AvgIpc) is 3.07. The molecule has 4 aliphatic heterocycles. The van der Waals surface area contributed by atoms with Crippen molar-refractivity contribution in [1.29, 1.82) is 0 Å². The molecule has 22 heavy (non-hydrogen) atoms. The van der Waals surface area contributed by atoms with Crippen LogP contribution in [0.2, 0.25) is 0 Å². The molecule has 5 heteroatoms. The molecule has 7 atom stereocenters. The highest BCUT2D eigenvalue weighted by atomic mass is 16.6. The molecule has 0 N–H and O–H groups in total. The van der Waals surface area contributed by atoms with Crippen molar-refractivity contribution in [2.24, 2.45) is 17.8 Å². The summed E-state index contributed by atoms with van der Waals surface area (Å²) in [6.45, 7) is 5.01. The molecule has 4 saturated heterocycles. The van der Waals surface area contributed by atoms with Crippen LogP contribution in [0.1, 0.15) is 46.0 Å². The molecule has 0 spiro atoms. The second kappa shape index (κ2) is 5.22. The van der Waals surface area contributed by atoms with Gasteiger partial charge in [0, 0.05) is 18.0 Å². The zero-order chi connectivity index (χ0) is 15.4. The number of fused-ring (bicyclic) bond motifs is 3. The lowest BCUT2D eigenvalue weighted by Crippen LogP contribution is -2.46. The van der Waals surface area contributed by atoms with Crippen LogP contribution in [0.5, 0.6) is 0 Å². The minimum absolute atomic E-state index is 0.000554. The second-order valence-electron chi connectivity index (χ2n) is 7.55. The van der Waals surface area contributed by atoms with Crippen LogP contribution in [0, 0.1) is 17.8 Å². The Kier molecular flexibility index (Phi) is 3.44. The van der Waals surface area contributed by atoms with E-state index in [1.807, 2.05) is 13.8 Å². The molecule has 1 unspecified atom stereocenters. The van der Waals surface area contributed by atoms with Crippen molar-refractivity contribution >= 4 is 11.9 Å².